The topological polar surface area (TPSA) is 237 Å². The Balaban J connectivity index is 5.26. The van der Waals surface area contributed by atoms with Crippen LogP contribution in [-0.2, 0) is 65.4 Å². The van der Waals surface area contributed by atoms with Crippen LogP contribution in [-0.4, -0.2) is 96.7 Å². The molecule has 0 aromatic carbocycles. The van der Waals surface area contributed by atoms with Crippen molar-refractivity contribution in [3.05, 3.63) is 0 Å². The molecule has 0 rings (SSSR count). The summed E-state index contributed by atoms with van der Waals surface area (Å²) >= 11 is 0. The number of aliphatic hydroxyl groups is 1. The van der Waals surface area contributed by atoms with Gasteiger partial charge in [0.1, 0.15) is 19.3 Å². The molecule has 103 heavy (non-hydrogen) atoms. The Hall–Kier alpha value is -1.94. The van der Waals surface area contributed by atoms with Crippen molar-refractivity contribution in [1.82, 2.24) is 0 Å². The van der Waals surface area contributed by atoms with Gasteiger partial charge in [0, 0.05) is 25.7 Å². The van der Waals surface area contributed by atoms with Gasteiger partial charge in [0.25, 0.3) is 0 Å². The Morgan fingerprint density at radius 3 is 0.660 bits per heavy atom. The van der Waals surface area contributed by atoms with Crippen LogP contribution in [0.25, 0.3) is 0 Å². The first kappa shape index (κ1) is 101. The molecule has 0 fully saturated rings. The van der Waals surface area contributed by atoms with Gasteiger partial charge in [0.05, 0.1) is 26.4 Å². The summed E-state index contributed by atoms with van der Waals surface area (Å²) in [5, 5.41) is 10.7. The van der Waals surface area contributed by atoms with Gasteiger partial charge in [-0.15, -0.1) is 0 Å². The Morgan fingerprint density at radius 1 is 0.262 bits per heavy atom. The fraction of sp³-hybridized carbons (Fsp3) is 0.952. The molecular formula is C84H164O17P2. The normalized spacial score (nSPS) is 13.9. The predicted octanol–water partition coefficient (Wildman–Crippen LogP) is 25.5. The Morgan fingerprint density at radius 2 is 0.447 bits per heavy atom. The summed E-state index contributed by atoms with van der Waals surface area (Å²) in [6, 6.07) is 0. The highest BCUT2D eigenvalue weighted by molar-refractivity contribution is 7.47. The molecule has 19 heteroatoms. The standard InChI is InChI=1S/C84H164O17P2/c1-7-9-11-13-15-17-19-21-23-25-27-29-31-36-42-48-54-60-66-81(86)94-72-79(100-83(88)68-62-56-50-43-37-32-30-28-26-24-22-20-18-16-14-12-10-8-2)74-98-102(90,91)96-70-78(85)71-97-103(92,93)99-75-80(73-95-82(87)67-61-55-49-45-39-41-47-53-59-65-77(5)6)101-84(89)69-63-57-51-44-38-34-33-35-40-46-52-58-64-76(3)4/h76-80,85H,7-75H2,1-6H3,(H,90,91)(H,92,93)/t78-,79-,80-/m1/s1. The Kier molecular flexibility index (Phi) is 74.1. The number of aliphatic hydroxyl groups excluding tert-OH is 1. The van der Waals surface area contributed by atoms with E-state index < -0.39 is 97.5 Å². The molecule has 0 bridgehead atoms. The third-order valence-corrected chi connectivity index (χ3v) is 21.6. The number of ether oxygens (including phenoxy) is 4. The highest BCUT2D eigenvalue weighted by atomic mass is 31.2. The molecule has 2 unspecified atom stereocenters. The molecule has 0 saturated carbocycles. The van der Waals surface area contributed by atoms with E-state index in [1.54, 1.807) is 0 Å². The molecular weight excluding hydrogens is 1340 g/mol. The Bertz CT molecular complexity index is 1980. The summed E-state index contributed by atoms with van der Waals surface area (Å²) in [7, 11) is -9.93. The first-order valence-corrected chi connectivity index (χ1v) is 46.5. The smallest absolute Gasteiger partial charge is 0.462 e. The van der Waals surface area contributed by atoms with E-state index in [-0.39, 0.29) is 25.7 Å². The minimum absolute atomic E-state index is 0.107. The maximum Gasteiger partial charge on any atom is 0.472 e. The zero-order valence-corrected chi connectivity index (χ0v) is 69.4. The number of hydrogen-bond donors (Lipinski definition) is 3. The van der Waals surface area contributed by atoms with E-state index in [4.69, 9.17) is 37.0 Å². The highest BCUT2D eigenvalue weighted by Crippen LogP contribution is 2.45. The zero-order chi connectivity index (χ0) is 75.6. The van der Waals surface area contributed by atoms with Crippen LogP contribution in [0.15, 0.2) is 0 Å². The molecule has 3 N–H and O–H groups in total. The average molecular weight is 1510 g/mol. The zero-order valence-electron chi connectivity index (χ0n) is 67.6. The average Bonchev–Trinajstić information content (AvgIpc) is 0.909. The lowest BCUT2D eigenvalue weighted by atomic mass is 10.0. The van der Waals surface area contributed by atoms with E-state index in [1.807, 2.05) is 0 Å². The van der Waals surface area contributed by atoms with Crippen LogP contribution in [0, 0.1) is 11.8 Å². The summed E-state index contributed by atoms with van der Waals surface area (Å²) in [6.45, 7) is 9.65. The van der Waals surface area contributed by atoms with Crippen molar-refractivity contribution in [2.45, 2.75) is 464 Å². The van der Waals surface area contributed by atoms with Crippen LogP contribution in [0.5, 0.6) is 0 Å². The summed E-state index contributed by atoms with van der Waals surface area (Å²) in [4.78, 5) is 73.2. The maximum absolute atomic E-state index is 13.1. The minimum Gasteiger partial charge on any atom is -0.462 e. The second kappa shape index (κ2) is 75.5. The molecule has 0 aromatic heterocycles. The van der Waals surface area contributed by atoms with Crippen LogP contribution in [0.3, 0.4) is 0 Å². The number of phosphoric ester groups is 2. The summed E-state index contributed by atoms with van der Waals surface area (Å²) in [5.74, 6) is -0.583. The molecule has 0 radical (unpaired) electrons. The number of esters is 4. The van der Waals surface area contributed by atoms with E-state index >= 15 is 0 Å². The van der Waals surface area contributed by atoms with Gasteiger partial charge in [-0.25, -0.2) is 9.13 Å². The van der Waals surface area contributed by atoms with Crippen LogP contribution in [0.1, 0.15) is 446 Å². The molecule has 0 aliphatic rings. The lowest BCUT2D eigenvalue weighted by Crippen LogP contribution is -2.30. The van der Waals surface area contributed by atoms with Gasteiger partial charge in [0.15, 0.2) is 12.2 Å². The van der Waals surface area contributed by atoms with Crippen molar-refractivity contribution >= 4 is 39.5 Å². The molecule has 0 saturated heterocycles. The number of hydrogen-bond acceptors (Lipinski definition) is 15. The van der Waals surface area contributed by atoms with E-state index in [0.29, 0.717) is 25.7 Å². The summed E-state index contributed by atoms with van der Waals surface area (Å²) in [6.07, 6.45) is 66.6. The van der Waals surface area contributed by atoms with Crippen molar-refractivity contribution < 1.29 is 80.2 Å². The van der Waals surface area contributed by atoms with Gasteiger partial charge < -0.3 is 33.8 Å². The predicted molar refractivity (Wildman–Crippen MR) is 423 cm³/mol. The van der Waals surface area contributed by atoms with E-state index in [1.165, 1.54) is 263 Å². The fourth-order valence-corrected chi connectivity index (χ4v) is 14.6. The molecule has 5 atom stereocenters. The van der Waals surface area contributed by atoms with Gasteiger partial charge in [-0.3, -0.25) is 37.3 Å². The van der Waals surface area contributed by atoms with Crippen LogP contribution in [0.2, 0.25) is 0 Å². The van der Waals surface area contributed by atoms with Gasteiger partial charge in [-0.1, -0.05) is 395 Å². The lowest BCUT2D eigenvalue weighted by Gasteiger charge is -2.21. The van der Waals surface area contributed by atoms with Crippen molar-refractivity contribution in [3.8, 4) is 0 Å². The number of rotatable bonds is 83. The Labute approximate surface area is 632 Å². The molecule has 0 amide bonds. The molecule has 0 aromatic rings. The summed E-state index contributed by atoms with van der Waals surface area (Å²) in [5.41, 5.74) is 0. The number of unbranched alkanes of at least 4 members (excludes halogenated alkanes) is 53. The second-order valence-corrected chi connectivity index (χ2v) is 34.1. The number of phosphoric acid groups is 2. The number of carbonyl (C=O) groups excluding carboxylic acids is 4. The molecule has 0 aliphatic carbocycles. The second-order valence-electron chi connectivity index (χ2n) is 31.2. The maximum atomic E-state index is 13.1. The molecule has 0 spiro atoms. The van der Waals surface area contributed by atoms with E-state index in [9.17, 15) is 43.2 Å². The van der Waals surface area contributed by atoms with Gasteiger partial charge >= 0.3 is 39.5 Å². The molecule has 17 nitrogen and oxygen atoms in total. The molecule has 0 heterocycles. The van der Waals surface area contributed by atoms with Gasteiger partial charge in [0.2, 0.25) is 0 Å². The van der Waals surface area contributed by atoms with Crippen molar-refractivity contribution in [3.63, 3.8) is 0 Å². The van der Waals surface area contributed by atoms with Crippen molar-refractivity contribution in [1.29, 1.82) is 0 Å². The summed E-state index contributed by atoms with van der Waals surface area (Å²) < 4.78 is 68.9. The fourth-order valence-electron chi connectivity index (χ4n) is 13.1. The van der Waals surface area contributed by atoms with Crippen LogP contribution >= 0.6 is 15.6 Å². The third kappa shape index (κ3) is 78.0. The minimum atomic E-state index is -4.96. The first-order chi connectivity index (χ1) is 49.9. The SMILES string of the molecule is CCCCCCCCCCCCCCCCCCCCC(=O)OC[C@H](COP(=O)(O)OC[C@@H](O)COP(=O)(O)OC[C@@H](COC(=O)CCCCCCCCCCCC(C)C)OC(=O)CCCCCCCCCCCCCCC(C)C)OC(=O)CCCCCCCCCCCCCCCCCCCC. The van der Waals surface area contributed by atoms with E-state index in [2.05, 4.69) is 41.5 Å². The van der Waals surface area contributed by atoms with E-state index in [0.717, 1.165) is 102 Å². The van der Waals surface area contributed by atoms with Crippen LogP contribution < -0.4 is 0 Å². The number of carbonyl (C=O) groups is 4. The molecule has 612 valence electrons. The van der Waals surface area contributed by atoms with Gasteiger partial charge in [-0.05, 0) is 37.5 Å². The van der Waals surface area contributed by atoms with Crippen molar-refractivity contribution in [2.24, 2.45) is 11.8 Å². The highest BCUT2D eigenvalue weighted by Gasteiger charge is 2.30. The first-order valence-electron chi connectivity index (χ1n) is 43.5. The van der Waals surface area contributed by atoms with Crippen LogP contribution in [0.4, 0.5) is 0 Å². The monoisotopic (exact) mass is 1510 g/mol. The van der Waals surface area contributed by atoms with Gasteiger partial charge in [-0.2, -0.15) is 0 Å². The quantitative estimate of drug-likeness (QED) is 0.0222. The lowest BCUT2D eigenvalue weighted by molar-refractivity contribution is -0.161. The molecule has 0 aliphatic heterocycles. The largest absolute Gasteiger partial charge is 0.472 e. The van der Waals surface area contributed by atoms with Crippen molar-refractivity contribution in [2.75, 3.05) is 39.6 Å². The third-order valence-electron chi connectivity index (χ3n) is 19.7.